The third-order valence-corrected chi connectivity index (χ3v) is 2.84. The zero-order valence-corrected chi connectivity index (χ0v) is 8.73. The summed E-state index contributed by atoms with van der Waals surface area (Å²) in [6.45, 7) is 2.93. The molecule has 14 heavy (non-hydrogen) atoms. The molecule has 0 radical (unpaired) electrons. The topological polar surface area (TPSA) is 33.1 Å². The van der Waals surface area contributed by atoms with Crippen molar-refractivity contribution in [2.45, 2.75) is 19.5 Å². The smallest absolute Gasteiger partial charge is 0.148 e. The van der Waals surface area contributed by atoms with Crippen LogP contribution in [0.25, 0.3) is 10.1 Å². The summed E-state index contributed by atoms with van der Waals surface area (Å²) in [5.74, 6) is 0.142. The molecule has 0 fully saturated rings. The van der Waals surface area contributed by atoms with Crippen molar-refractivity contribution in [1.29, 1.82) is 0 Å². The van der Waals surface area contributed by atoms with E-state index in [1.165, 1.54) is 25.4 Å². The van der Waals surface area contributed by atoms with Gasteiger partial charge in [-0.1, -0.05) is 0 Å². The number of alkyl halides is 1. The van der Waals surface area contributed by atoms with Gasteiger partial charge in [0.05, 0.1) is 10.4 Å². The van der Waals surface area contributed by atoms with Crippen LogP contribution in [0, 0.1) is 0 Å². The summed E-state index contributed by atoms with van der Waals surface area (Å²) in [6, 6.07) is 4.88. The molecule has 0 unspecified atom stereocenters. The molecule has 74 valence electrons. The maximum Gasteiger partial charge on any atom is 0.148 e. The lowest BCUT2D eigenvalue weighted by Crippen LogP contribution is -2.09. The predicted molar refractivity (Wildman–Crippen MR) is 55.4 cm³/mol. The van der Waals surface area contributed by atoms with E-state index in [2.05, 4.69) is 4.37 Å². The van der Waals surface area contributed by atoms with Gasteiger partial charge < -0.3 is 5.11 Å². The van der Waals surface area contributed by atoms with Gasteiger partial charge in [0.2, 0.25) is 0 Å². The van der Waals surface area contributed by atoms with Crippen LogP contribution in [0.3, 0.4) is 0 Å². The number of rotatable bonds is 1. The van der Waals surface area contributed by atoms with Crippen LogP contribution in [-0.2, 0) is 5.67 Å². The summed E-state index contributed by atoms with van der Waals surface area (Å²) in [4.78, 5) is 0. The lowest BCUT2D eigenvalue weighted by atomic mass is 10.0. The molecule has 2 aromatic rings. The molecular formula is C10H10FNOS. The number of phenols is 1. The minimum atomic E-state index is -1.47. The van der Waals surface area contributed by atoms with Crippen molar-refractivity contribution in [3.05, 3.63) is 23.9 Å². The first-order valence-corrected chi connectivity index (χ1v) is 5.03. The van der Waals surface area contributed by atoms with E-state index < -0.39 is 5.67 Å². The second-order valence-electron chi connectivity index (χ2n) is 3.68. The van der Waals surface area contributed by atoms with Crippen molar-refractivity contribution >= 4 is 21.6 Å². The van der Waals surface area contributed by atoms with Gasteiger partial charge in [-0.25, -0.2) is 4.39 Å². The van der Waals surface area contributed by atoms with Crippen molar-refractivity contribution in [3.63, 3.8) is 0 Å². The lowest BCUT2D eigenvalue weighted by Gasteiger charge is -2.10. The molecule has 1 heterocycles. The van der Waals surface area contributed by atoms with Crippen LogP contribution in [0.5, 0.6) is 5.75 Å². The molecular weight excluding hydrogens is 201 g/mol. The molecule has 2 rings (SSSR count). The van der Waals surface area contributed by atoms with Gasteiger partial charge >= 0.3 is 0 Å². The van der Waals surface area contributed by atoms with Crippen LogP contribution < -0.4 is 0 Å². The maximum atomic E-state index is 13.7. The number of fused-ring (bicyclic) bond motifs is 1. The van der Waals surface area contributed by atoms with E-state index in [1.54, 1.807) is 18.2 Å². The lowest BCUT2D eigenvalue weighted by molar-refractivity contribution is 0.218. The zero-order valence-electron chi connectivity index (χ0n) is 7.91. The molecule has 0 aliphatic carbocycles. The molecule has 1 N–H and O–H groups in total. The van der Waals surface area contributed by atoms with E-state index in [4.69, 9.17) is 0 Å². The van der Waals surface area contributed by atoms with Crippen LogP contribution in [0.4, 0.5) is 4.39 Å². The van der Waals surface area contributed by atoms with Crippen molar-refractivity contribution in [1.82, 2.24) is 4.37 Å². The number of aromatic hydroxyl groups is 1. The van der Waals surface area contributed by atoms with E-state index in [9.17, 15) is 9.50 Å². The average molecular weight is 211 g/mol. The summed E-state index contributed by atoms with van der Waals surface area (Å²) < 4.78 is 18.6. The fourth-order valence-corrected chi connectivity index (χ4v) is 2.24. The molecule has 0 saturated carbocycles. The van der Waals surface area contributed by atoms with Crippen molar-refractivity contribution in [3.8, 4) is 5.75 Å². The third kappa shape index (κ3) is 1.46. The van der Waals surface area contributed by atoms with Crippen LogP contribution in [-0.4, -0.2) is 9.48 Å². The molecule has 0 bridgehead atoms. The van der Waals surface area contributed by atoms with Crippen molar-refractivity contribution in [2.75, 3.05) is 0 Å². The van der Waals surface area contributed by atoms with Gasteiger partial charge in [-0.3, -0.25) is 0 Å². The zero-order chi connectivity index (χ0) is 10.3. The van der Waals surface area contributed by atoms with E-state index >= 15 is 0 Å². The second-order valence-corrected chi connectivity index (χ2v) is 4.49. The van der Waals surface area contributed by atoms with E-state index in [1.807, 2.05) is 0 Å². The first kappa shape index (κ1) is 9.40. The Kier molecular flexibility index (Phi) is 1.96. The highest BCUT2D eigenvalue weighted by Gasteiger charge is 2.24. The van der Waals surface area contributed by atoms with Crippen LogP contribution in [0.2, 0.25) is 0 Å². The highest BCUT2D eigenvalue weighted by Crippen LogP contribution is 2.34. The fourth-order valence-electron chi connectivity index (χ4n) is 1.36. The SMILES string of the molecule is CC(C)(F)c1nsc2ccc(O)cc12. The Morgan fingerprint density at radius 1 is 1.43 bits per heavy atom. The Hall–Kier alpha value is -1.16. The molecule has 4 heteroatoms. The highest BCUT2D eigenvalue weighted by molar-refractivity contribution is 7.13. The summed E-state index contributed by atoms with van der Waals surface area (Å²) in [5, 5.41) is 9.99. The van der Waals surface area contributed by atoms with Crippen molar-refractivity contribution < 1.29 is 9.50 Å². The number of halogens is 1. The first-order chi connectivity index (χ1) is 6.48. The maximum absolute atomic E-state index is 13.7. The normalized spacial score (nSPS) is 12.2. The average Bonchev–Trinajstić information content (AvgIpc) is 2.45. The Morgan fingerprint density at radius 2 is 2.14 bits per heavy atom. The summed E-state index contributed by atoms with van der Waals surface area (Å²) in [6.07, 6.45) is 0. The molecule has 0 aliphatic rings. The van der Waals surface area contributed by atoms with E-state index in [0.29, 0.717) is 11.1 Å². The van der Waals surface area contributed by atoms with Crippen LogP contribution >= 0.6 is 11.5 Å². The number of phenolic OH excluding ortho intramolecular Hbond substituents is 1. The first-order valence-electron chi connectivity index (χ1n) is 4.26. The number of nitrogens with zero attached hydrogens (tertiary/aromatic N) is 1. The Labute approximate surface area is 85.2 Å². The predicted octanol–water partition coefficient (Wildman–Crippen LogP) is 3.21. The van der Waals surface area contributed by atoms with Gasteiger partial charge in [-0.2, -0.15) is 4.37 Å². The third-order valence-electron chi connectivity index (χ3n) is 2.02. The molecule has 1 aromatic heterocycles. The molecule has 0 saturated heterocycles. The standard InChI is InChI=1S/C10H10FNOS/c1-10(2,11)9-7-5-6(13)3-4-8(7)14-12-9/h3-5,13H,1-2H3. The Bertz CT molecular complexity index is 472. The van der Waals surface area contributed by atoms with Gasteiger partial charge in [0.25, 0.3) is 0 Å². The van der Waals surface area contributed by atoms with Gasteiger partial charge in [0.15, 0.2) is 0 Å². The summed E-state index contributed by atoms with van der Waals surface area (Å²) in [7, 11) is 0. The van der Waals surface area contributed by atoms with Gasteiger partial charge in [-0.05, 0) is 43.6 Å². The van der Waals surface area contributed by atoms with Gasteiger partial charge in [0, 0.05) is 5.39 Å². The Balaban J connectivity index is 2.73. The number of benzene rings is 1. The van der Waals surface area contributed by atoms with Crippen LogP contribution in [0.15, 0.2) is 18.2 Å². The van der Waals surface area contributed by atoms with Crippen LogP contribution in [0.1, 0.15) is 19.5 Å². The molecule has 0 aliphatic heterocycles. The minimum Gasteiger partial charge on any atom is -0.508 e. The largest absolute Gasteiger partial charge is 0.508 e. The van der Waals surface area contributed by atoms with E-state index in [0.717, 1.165) is 4.70 Å². The van der Waals surface area contributed by atoms with E-state index in [-0.39, 0.29) is 5.75 Å². The molecule has 0 spiro atoms. The number of hydrogen-bond donors (Lipinski definition) is 1. The summed E-state index contributed by atoms with van der Waals surface area (Å²) in [5.41, 5.74) is -1.07. The van der Waals surface area contributed by atoms with Crippen molar-refractivity contribution in [2.24, 2.45) is 0 Å². The molecule has 0 atom stereocenters. The van der Waals surface area contributed by atoms with Gasteiger partial charge in [-0.15, -0.1) is 0 Å². The monoisotopic (exact) mass is 211 g/mol. The number of aromatic nitrogens is 1. The fraction of sp³-hybridized carbons (Fsp3) is 0.300. The number of hydrogen-bond acceptors (Lipinski definition) is 3. The molecule has 1 aromatic carbocycles. The van der Waals surface area contributed by atoms with Gasteiger partial charge in [0.1, 0.15) is 11.4 Å². The summed E-state index contributed by atoms with van der Waals surface area (Å²) >= 11 is 1.25. The second kappa shape index (κ2) is 2.92. The minimum absolute atomic E-state index is 0.142. The molecule has 2 nitrogen and oxygen atoms in total. The Morgan fingerprint density at radius 3 is 2.79 bits per heavy atom. The quantitative estimate of drug-likeness (QED) is 0.785. The molecule has 0 amide bonds. The highest BCUT2D eigenvalue weighted by atomic mass is 32.1.